The number of aryl methyl sites for hydroxylation is 1. The summed E-state index contributed by atoms with van der Waals surface area (Å²) in [6, 6.07) is 30.7. The van der Waals surface area contributed by atoms with Gasteiger partial charge in [0.25, 0.3) is 0 Å². The first-order valence-corrected chi connectivity index (χ1v) is 9.28. The highest BCUT2D eigenvalue weighted by Crippen LogP contribution is 2.26. The second kappa shape index (κ2) is 8.31. The van der Waals surface area contributed by atoms with Gasteiger partial charge in [-0.2, -0.15) is 5.10 Å². The van der Waals surface area contributed by atoms with Gasteiger partial charge in [0.1, 0.15) is 0 Å². The molecule has 3 heteroatoms. The van der Waals surface area contributed by atoms with Crippen molar-refractivity contribution >= 4 is 18.1 Å². The summed E-state index contributed by atoms with van der Waals surface area (Å²) >= 11 is 0. The lowest BCUT2D eigenvalue weighted by atomic mass is 10.1. The van der Waals surface area contributed by atoms with E-state index in [1.165, 1.54) is 5.56 Å². The third kappa shape index (κ3) is 4.15. The van der Waals surface area contributed by atoms with E-state index in [9.17, 15) is 0 Å². The van der Waals surface area contributed by atoms with Gasteiger partial charge in [0.05, 0.1) is 11.4 Å². The molecule has 0 unspecified atom stereocenters. The second-order valence-corrected chi connectivity index (χ2v) is 6.55. The molecule has 28 heavy (non-hydrogen) atoms. The van der Waals surface area contributed by atoms with Gasteiger partial charge in [-0.05, 0) is 30.7 Å². The molecule has 0 aliphatic rings. The Morgan fingerprint density at radius 3 is 2.21 bits per heavy atom. The van der Waals surface area contributed by atoms with Crippen molar-refractivity contribution in [3.63, 3.8) is 0 Å². The molecule has 0 amide bonds. The molecule has 4 rings (SSSR count). The Morgan fingerprint density at radius 2 is 1.50 bits per heavy atom. The molecule has 136 valence electrons. The summed E-state index contributed by atoms with van der Waals surface area (Å²) in [5.74, 6) is 0.791. The fourth-order valence-corrected chi connectivity index (χ4v) is 2.93. The Balaban J connectivity index is 1.67. The number of aromatic nitrogens is 2. The zero-order valence-corrected chi connectivity index (χ0v) is 15.7. The van der Waals surface area contributed by atoms with Crippen molar-refractivity contribution in [1.29, 1.82) is 0 Å². The van der Waals surface area contributed by atoms with Gasteiger partial charge >= 0.3 is 0 Å². The molecule has 0 N–H and O–H groups in total. The second-order valence-electron chi connectivity index (χ2n) is 6.55. The molecule has 1 aromatic heterocycles. The van der Waals surface area contributed by atoms with Crippen LogP contribution in [0.1, 0.15) is 11.1 Å². The smallest absolute Gasteiger partial charge is 0.156 e. The van der Waals surface area contributed by atoms with Crippen LogP contribution in [0.4, 0.5) is 5.82 Å². The molecule has 0 spiro atoms. The molecule has 0 atom stereocenters. The van der Waals surface area contributed by atoms with Crippen LogP contribution in [0.15, 0.2) is 102 Å². The standard InChI is InChI=1S/C25H21N3/c1-20-14-16-22(17-15-20)24-19-25(28(27-24)23-12-6-3-7-13-23)26-18-8-11-21-9-4-2-5-10-21/h2-19H,1H3/b11-8+,26-18?. The normalized spacial score (nSPS) is 11.5. The fourth-order valence-electron chi connectivity index (χ4n) is 2.93. The number of hydrogen-bond donors (Lipinski definition) is 0. The highest BCUT2D eigenvalue weighted by Gasteiger charge is 2.10. The topological polar surface area (TPSA) is 30.2 Å². The zero-order chi connectivity index (χ0) is 19.2. The minimum absolute atomic E-state index is 0.791. The van der Waals surface area contributed by atoms with Crippen LogP contribution in [0.3, 0.4) is 0 Å². The lowest BCUT2D eigenvalue weighted by Crippen LogP contribution is -1.95. The predicted octanol–water partition coefficient (Wildman–Crippen LogP) is 6.26. The first kappa shape index (κ1) is 17.7. The molecule has 0 radical (unpaired) electrons. The number of allylic oxidation sites excluding steroid dienone is 1. The number of aliphatic imine (C=N–C) groups is 1. The van der Waals surface area contributed by atoms with Gasteiger partial charge in [-0.3, -0.25) is 0 Å². The van der Waals surface area contributed by atoms with Gasteiger partial charge in [-0.1, -0.05) is 84.4 Å². The van der Waals surface area contributed by atoms with E-state index < -0.39 is 0 Å². The number of benzene rings is 3. The molecule has 0 saturated heterocycles. The van der Waals surface area contributed by atoms with Crippen molar-refractivity contribution in [2.75, 3.05) is 0 Å². The zero-order valence-electron chi connectivity index (χ0n) is 15.7. The van der Waals surface area contributed by atoms with Crippen molar-refractivity contribution in [3.05, 3.63) is 108 Å². The van der Waals surface area contributed by atoms with Gasteiger partial charge in [-0.15, -0.1) is 0 Å². The van der Waals surface area contributed by atoms with Crippen molar-refractivity contribution in [3.8, 4) is 16.9 Å². The van der Waals surface area contributed by atoms with E-state index in [0.29, 0.717) is 0 Å². The lowest BCUT2D eigenvalue weighted by molar-refractivity contribution is 0.885. The van der Waals surface area contributed by atoms with E-state index in [1.54, 1.807) is 0 Å². The Labute approximate surface area is 165 Å². The van der Waals surface area contributed by atoms with Crippen LogP contribution in [0, 0.1) is 6.92 Å². The molecule has 1 heterocycles. The molecular weight excluding hydrogens is 342 g/mol. The molecule has 4 aromatic rings. The molecule has 0 saturated carbocycles. The highest BCUT2D eigenvalue weighted by molar-refractivity contribution is 5.80. The summed E-state index contributed by atoms with van der Waals surface area (Å²) < 4.78 is 1.88. The summed E-state index contributed by atoms with van der Waals surface area (Å²) in [6.07, 6.45) is 5.79. The highest BCUT2D eigenvalue weighted by atomic mass is 15.3. The lowest BCUT2D eigenvalue weighted by Gasteiger charge is -2.03. The third-order valence-electron chi connectivity index (χ3n) is 4.42. The maximum Gasteiger partial charge on any atom is 0.156 e. The first-order valence-electron chi connectivity index (χ1n) is 9.28. The molecule has 0 fully saturated rings. The monoisotopic (exact) mass is 363 g/mol. The SMILES string of the molecule is Cc1ccc(-c2cc(N=C/C=C/c3ccccc3)n(-c3ccccc3)n2)cc1. The van der Waals surface area contributed by atoms with Crippen molar-refractivity contribution in [2.24, 2.45) is 4.99 Å². The van der Waals surface area contributed by atoms with Crippen LogP contribution in [0.2, 0.25) is 0 Å². The fraction of sp³-hybridized carbons (Fsp3) is 0.0400. The van der Waals surface area contributed by atoms with E-state index in [2.05, 4.69) is 48.3 Å². The van der Waals surface area contributed by atoms with Crippen molar-refractivity contribution in [1.82, 2.24) is 9.78 Å². The Kier molecular flexibility index (Phi) is 5.25. The van der Waals surface area contributed by atoms with Crippen molar-refractivity contribution in [2.45, 2.75) is 6.92 Å². The summed E-state index contributed by atoms with van der Waals surface area (Å²) in [6.45, 7) is 2.08. The maximum absolute atomic E-state index is 4.80. The summed E-state index contributed by atoms with van der Waals surface area (Å²) in [7, 11) is 0. The molecule has 0 bridgehead atoms. The van der Waals surface area contributed by atoms with E-state index in [-0.39, 0.29) is 0 Å². The van der Waals surface area contributed by atoms with Gasteiger partial charge in [-0.25, -0.2) is 9.67 Å². The Hall–Kier alpha value is -3.72. The van der Waals surface area contributed by atoms with E-state index in [1.807, 2.05) is 77.6 Å². The predicted molar refractivity (Wildman–Crippen MR) is 117 cm³/mol. The number of nitrogens with zero attached hydrogens (tertiary/aromatic N) is 3. The van der Waals surface area contributed by atoms with Crippen LogP contribution in [0.25, 0.3) is 23.0 Å². The average molecular weight is 363 g/mol. The number of hydrogen-bond acceptors (Lipinski definition) is 2. The first-order chi connectivity index (χ1) is 13.8. The van der Waals surface area contributed by atoms with E-state index >= 15 is 0 Å². The molecule has 3 aromatic carbocycles. The van der Waals surface area contributed by atoms with Gasteiger partial charge in [0.2, 0.25) is 0 Å². The van der Waals surface area contributed by atoms with Crippen LogP contribution in [-0.4, -0.2) is 16.0 Å². The Bertz CT molecular complexity index is 1090. The summed E-state index contributed by atoms with van der Waals surface area (Å²) in [5, 5.41) is 4.80. The van der Waals surface area contributed by atoms with Crippen LogP contribution in [0.5, 0.6) is 0 Å². The van der Waals surface area contributed by atoms with Crippen LogP contribution >= 0.6 is 0 Å². The van der Waals surface area contributed by atoms with Crippen LogP contribution in [-0.2, 0) is 0 Å². The largest absolute Gasteiger partial charge is 0.237 e. The van der Waals surface area contributed by atoms with Crippen LogP contribution < -0.4 is 0 Å². The summed E-state index contributed by atoms with van der Waals surface area (Å²) in [5.41, 5.74) is 5.35. The van der Waals surface area contributed by atoms with Crippen molar-refractivity contribution < 1.29 is 0 Å². The van der Waals surface area contributed by atoms with Gasteiger partial charge < -0.3 is 0 Å². The molecule has 0 aliphatic heterocycles. The minimum atomic E-state index is 0.791. The molecule has 0 aliphatic carbocycles. The maximum atomic E-state index is 4.80. The Morgan fingerprint density at radius 1 is 0.821 bits per heavy atom. The van der Waals surface area contributed by atoms with Gasteiger partial charge in [0, 0.05) is 17.8 Å². The van der Waals surface area contributed by atoms with Gasteiger partial charge in [0.15, 0.2) is 5.82 Å². The third-order valence-corrected chi connectivity index (χ3v) is 4.42. The number of rotatable bonds is 5. The molecular formula is C25H21N3. The summed E-state index contributed by atoms with van der Waals surface area (Å²) in [4.78, 5) is 4.65. The molecule has 3 nitrogen and oxygen atoms in total. The number of para-hydroxylation sites is 1. The quantitative estimate of drug-likeness (QED) is 0.385. The average Bonchev–Trinajstić information content (AvgIpc) is 3.17. The minimum Gasteiger partial charge on any atom is -0.237 e. The van der Waals surface area contributed by atoms with E-state index in [4.69, 9.17) is 5.10 Å². The van der Waals surface area contributed by atoms with E-state index in [0.717, 1.165) is 28.3 Å².